The Morgan fingerprint density at radius 3 is 2.59 bits per heavy atom. The molecule has 4 nitrogen and oxygen atoms in total. The lowest BCUT2D eigenvalue weighted by molar-refractivity contribution is -0.137. The smallest absolute Gasteiger partial charge is 0.226 e. The third-order valence-corrected chi connectivity index (χ3v) is 2.22. The summed E-state index contributed by atoms with van der Waals surface area (Å²) >= 11 is 5.58. The normalized spacial score (nSPS) is 11.8. The lowest BCUT2D eigenvalue weighted by atomic mass is 10.3. The first-order valence-corrected chi connectivity index (χ1v) is 4.87. The average Bonchev–Trinajstić information content (AvgIpc) is 2.70. The van der Waals surface area contributed by atoms with Crippen molar-refractivity contribution in [2.24, 2.45) is 0 Å². The van der Waals surface area contributed by atoms with E-state index in [1.165, 1.54) is 6.20 Å². The van der Waals surface area contributed by atoms with Crippen LogP contribution >= 0.6 is 11.6 Å². The summed E-state index contributed by atoms with van der Waals surface area (Å²) in [5, 5.41) is 3.56. The Kier molecular flexibility index (Phi) is 2.78. The molecule has 8 heteroatoms. The molecular formula is C9H6ClF3N4. The second-order valence-corrected chi connectivity index (χ2v) is 3.66. The summed E-state index contributed by atoms with van der Waals surface area (Å²) in [6.45, 7) is 1.65. The van der Waals surface area contributed by atoms with Crippen molar-refractivity contribution in [3.8, 4) is 5.82 Å². The van der Waals surface area contributed by atoms with Crippen LogP contribution in [0.5, 0.6) is 0 Å². The van der Waals surface area contributed by atoms with Gasteiger partial charge in [-0.25, -0.2) is 9.67 Å². The molecule has 2 heterocycles. The molecule has 90 valence electrons. The maximum absolute atomic E-state index is 12.4. The minimum Gasteiger partial charge on any atom is -0.226 e. The average molecular weight is 263 g/mol. The summed E-state index contributed by atoms with van der Waals surface area (Å²) in [5.74, 6) is 0.223. The molecule has 0 spiro atoms. The van der Waals surface area contributed by atoms with E-state index in [-0.39, 0.29) is 11.1 Å². The largest absolute Gasteiger partial charge is 0.419 e. The standard InChI is InChI=1S/C9H6ClF3N4/c1-5-2-14-8(10)16-7(5)17-4-6(3-15-17)9(11,12)13/h2-4H,1H3. The molecule has 0 atom stereocenters. The van der Waals surface area contributed by atoms with Gasteiger partial charge in [0.15, 0.2) is 5.82 Å². The fourth-order valence-corrected chi connectivity index (χ4v) is 1.36. The van der Waals surface area contributed by atoms with Crippen molar-refractivity contribution in [2.45, 2.75) is 13.1 Å². The van der Waals surface area contributed by atoms with Crippen molar-refractivity contribution in [1.82, 2.24) is 19.7 Å². The van der Waals surface area contributed by atoms with Crippen molar-refractivity contribution < 1.29 is 13.2 Å². The summed E-state index contributed by atoms with van der Waals surface area (Å²) in [7, 11) is 0. The molecule has 0 aliphatic rings. The molecule has 2 aromatic heterocycles. The minimum absolute atomic E-state index is 0.0466. The fraction of sp³-hybridized carbons (Fsp3) is 0.222. The van der Waals surface area contributed by atoms with Crippen LogP contribution < -0.4 is 0 Å². The molecule has 0 unspecified atom stereocenters. The van der Waals surface area contributed by atoms with Gasteiger partial charge < -0.3 is 0 Å². The van der Waals surface area contributed by atoms with Gasteiger partial charge in [0.25, 0.3) is 0 Å². The van der Waals surface area contributed by atoms with E-state index < -0.39 is 11.7 Å². The van der Waals surface area contributed by atoms with Gasteiger partial charge in [0, 0.05) is 18.0 Å². The molecule has 0 saturated heterocycles. The summed E-state index contributed by atoms with van der Waals surface area (Å²) in [4.78, 5) is 7.54. The summed E-state index contributed by atoms with van der Waals surface area (Å²) < 4.78 is 38.2. The van der Waals surface area contributed by atoms with Crippen LogP contribution in [0.2, 0.25) is 5.28 Å². The van der Waals surface area contributed by atoms with Crippen LogP contribution in [0.15, 0.2) is 18.6 Å². The summed E-state index contributed by atoms with van der Waals surface area (Å²) in [6, 6.07) is 0. The zero-order chi connectivity index (χ0) is 12.6. The summed E-state index contributed by atoms with van der Waals surface area (Å²) in [6.07, 6.45) is -1.43. The molecule has 0 fully saturated rings. The van der Waals surface area contributed by atoms with Gasteiger partial charge in [-0.15, -0.1) is 0 Å². The highest BCUT2D eigenvalue weighted by atomic mass is 35.5. The van der Waals surface area contributed by atoms with Crippen LogP contribution in [0.25, 0.3) is 5.82 Å². The van der Waals surface area contributed by atoms with E-state index in [4.69, 9.17) is 11.6 Å². The maximum atomic E-state index is 12.4. The van der Waals surface area contributed by atoms with E-state index in [9.17, 15) is 13.2 Å². The number of hydrogen-bond donors (Lipinski definition) is 0. The zero-order valence-corrected chi connectivity index (χ0v) is 9.29. The number of nitrogens with zero attached hydrogens (tertiary/aromatic N) is 4. The van der Waals surface area contributed by atoms with E-state index in [0.717, 1.165) is 17.1 Å². The van der Waals surface area contributed by atoms with Crippen molar-refractivity contribution in [3.63, 3.8) is 0 Å². The molecule has 2 rings (SSSR count). The molecule has 0 aliphatic heterocycles. The lowest BCUT2D eigenvalue weighted by Gasteiger charge is -2.04. The van der Waals surface area contributed by atoms with Gasteiger partial charge in [-0.05, 0) is 18.5 Å². The van der Waals surface area contributed by atoms with E-state index in [2.05, 4.69) is 15.1 Å². The zero-order valence-electron chi connectivity index (χ0n) is 8.53. The number of aryl methyl sites for hydroxylation is 1. The highest BCUT2D eigenvalue weighted by Crippen LogP contribution is 2.29. The molecule has 0 radical (unpaired) electrons. The number of halogens is 4. The Bertz CT molecular complexity index is 549. The van der Waals surface area contributed by atoms with Gasteiger partial charge in [-0.2, -0.15) is 23.3 Å². The van der Waals surface area contributed by atoms with Gasteiger partial charge in [0.2, 0.25) is 5.28 Å². The fourth-order valence-electron chi connectivity index (χ4n) is 1.23. The highest BCUT2D eigenvalue weighted by molar-refractivity contribution is 6.28. The van der Waals surface area contributed by atoms with E-state index in [0.29, 0.717) is 5.56 Å². The molecule has 2 aromatic rings. The Labute approximate surface area is 99.1 Å². The van der Waals surface area contributed by atoms with E-state index >= 15 is 0 Å². The number of aromatic nitrogens is 4. The molecule has 0 aromatic carbocycles. The molecule has 0 saturated carbocycles. The Hall–Kier alpha value is -1.63. The number of rotatable bonds is 1. The number of alkyl halides is 3. The van der Waals surface area contributed by atoms with Crippen molar-refractivity contribution in [3.05, 3.63) is 35.0 Å². The second kappa shape index (κ2) is 3.99. The monoisotopic (exact) mass is 262 g/mol. The molecular weight excluding hydrogens is 257 g/mol. The molecule has 0 bridgehead atoms. The Morgan fingerprint density at radius 1 is 1.29 bits per heavy atom. The van der Waals surface area contributed by atoms with Crippen LogP contribution in [0.3, 0.4) is 0 Å². The van der Waals surface area contributed by atoms with Gasteiger partial charge >= 0.3 is 6.18 Å². The van der Waals surface area contributed by atoms with Crippen molar-refractivity contribution in [2.75, 3.05) is 0 Å². The van der Waals surface area contributed by atoms with Gasteiger partial charge in [-0.3, -0.25) is 0 Å². The third kappa shape index (κ3) is 2.38. The third-order valence-electron chi connectivity index (χ3n) is 2.04. The van der Waals surface area contributed by atoms with Crippen molar-refractivity contribution >= 4 is 11.6 Å². The summed E-state index contributed by atoms with van der Waals surface area (Å²) in [5.41, 5.74) is -0.266. The lowest BCUT2D eigenvalue weighted by Crippen LogP contribution is -2.04. The van der Waals surface area contributed by atoms with Crippen LogP contribution in [0, 0.1) is 6.92 Å². The van der Waals surface area contributed by atoms with Crippen molar-refractivity contribution in [1.29, 1.82) is 0 Å². The first-order valence-electron chi connectivity index (χ1n) is 4.49. The van der Waals surface area contributed by atoms with Gasteiger partial charge in [0.05, 0.1) is 11.8 Å². The van der Waals surface area contributed by atoms with Crippen LogP contribution in [0.4, 0.5) is 13.2 Å². The highest BCUT2D eigenvalue weighted by Gasteiger charge is 2.32. The molecule has 0 aliphatic carbocycles. The Morgan fingerprint density at radius 2 is 2.00 bits per heavy atom. The van der Waals surface area contributed by atoms with Crippen LogP contribution in [-0.2, 0) is 6.18 Å². The van der Waals surface area contributed by atoms with E-state index in [1.54, 1.807) is 6.92 Å². The quantitative estimate of drug-likeness (QED) is 0.742. The minimum atomic E-state index is -4.43. The number of hydrogen-bond acceptors (Lipinski definition) is 3. The van der Waals surface area contributed by atoms with Gasteiger partial charge in [-0.1, -0.05) is 0 Å². The molecule has 0 amide bonds. The van der Waals surface area contributed by atoms with E-state index in [1.807, 2.05) is 0 Å². The van der Waals surface area contributed by atoms with Crippen LogP contribution in [-0.4, -0.2) is 19.7 Å². The first kappa shape index (κ1) is 11.8. The predicted molar refractivity (Wildman–Crippen MR) is 53.9 cm³/mol. The van der Waals surface area contributed by atoms with Gasteiger partial charge in [0.1, 0.15) is 0 Å². The second-order valence-electron chi connectivity index (χ2n) is 3.32. The topological polar surface area (TPSA) is 43.6 Å². The molecule has 0 N–H and O–H groups in total. The Balaban J connectivity index is 2.47. The SMILES string of the molecule is Cc1cnc(Cl)nc1-n1cc(C(F)(F)F)cn1. The van der Waals surface area contributed by atoms with Crippen LogP contribution in [0.1, 0.15) is 11.1 Å². The maximum Gasteiger partial charge on any atom is 0.419 e. The predicted octanol–water partition coefficient (Wildman–Crippen LogP) is 2.64. The first-order chi connectivity index (χ1) is 7.88. The molecule has 17 heavy (non-hydrogen) atoms.